The van der Waals surface area contributed by atoms with Gasteiger partial charge in [-0.15, -0.1) is 0 Å². The zero-order valence-electron chi connectivity index (χ0n) is 11.3. The smallest absolute Gasteiger partial charge is 0.268 e. The van der Waals surface area contributed by atoms with E-state index in [0.717, 1.165) is 11.1 Å². The van der Waals surface area contributed by atoms with Gasteiger partial charge < -0.3 is 4.42 Å². The molecule has 0 atom stereocenters. The Hall–Kier alpha value is -2.94. The molecule has 0 bridgehead atoms. The Morgan fingerprint density at radius 1 is 0.952 bits per heavy atom. The summed E-state index contributed by atoms with van der Waals surface area (Å²) in [5.41, 5.74) is 1.86. The number of benzene rings is 2. The van der Waals surface area contributed by atoms with E-state index in [9.17, 15) is 4.79 Å². The third-order valence-corrected chi connectivity index (χ3v) is 3.00. The van der Waals surface area contributed by atoms with Crippen LogP contribution >= 0.6 is 0 Å². The van der Waals surface area contributed by atoms with Crippen LogP contribution in [0.4, 0.5) is 0 Å². The number of rotatable bonds is 4. The van der Waals surface area contributed by atoms with Crippen molar-refractivity contribution in [2.45, 2.75) is 0 Å². The molecule has 3 heteroatoms. The van der Waals surface area contributed by atoms with Gasteiger partial charge in [0, 0.05) is 5.56 Å². The lowest BCUT2D eigenvalue weighted by atomic mass is 10.2. The summed E-state index contributed by atoms with van der Waals surface area (Å²) in [6.07, 6.45) is 4.78. The van der Waals surface area contributed by atoms with Gasteiger partial charge in [-0.3, -0.25) is 4.79 Å². The van der Waals surface area contributed by atoms with E-state index in [1.807, 2.05) is 60.7 Å². The average Bonchev–Trinajstić information content (AvgIpc) is 3.04. The maximum atomic E-state index is 12.0. The van der Waals surface area contributed by atoms with Crippen LogP contribution in [0.5, 0.6) is 0 Å². The first-order valence-electron chi connectivity index (χ1n) is 6.61. The lowest BCUT2D eigenvalue weighted by Crippen LogP contribution is -1.93. The lowest BCUT2D eigenvalue weighted by Gasteiger charge is -1.93. The Labute approximate surface area is 122 Å². The van der Waals surface area contributed by atoms with Crippen molar-refractivity contribution in [1.29, 1.82) is 0 Å². The van der Waals surface area contributed by atoms with E-state index in [-0.39, 0.29) is 11.7 Å². The van der Waals surface area contributed by atoms with E-state index in [0.29, 0.717) is 5.76 Å². The number of hydrogen-bond acceptors (Lipinski definition) is 3. The largest absolute Gasteiger partial charge is 0.433 e. The number of ketones is 1. The fourth-order valence-corrected chi connectivity index (χ4v) is 1.93. The van der Waals surface area contributed by atoms with Gasteiger partial charge in [0.15, 0.2) is 5.76 Å². The molecule has 0 saturated heterocycles. The predicted octanol–water partition coefficient (Wildman–Crippen LogP) is 4.24. The maximum absolute atomic E-state index is 12.0. The molecule has 0 amide bonds. The SMILES string of the molecule is O=C(/C=C/c1ccccc1)c1ncc(-c2ccccc2)o1. The summed E-state index contributed by atoms with van der Waals surface area (Å²) < 4.78 is 5.51. The third kappa shape index (κ3) is 3.15. The Morgan fingerprint density at radius 3 is 2.33 bits per heavy atom. The Morgan fingerprint density at radius 2 is 1.62 bits per heavy atom. The lowest BCUT2D eigenvalue weighted by molar-refractivity contribution is 0.101. The molecule has 21 heavy (non-hydrogen) atoms. The number of hydrogen-bond donors (Lipinski definition) is 0. The molecule has 3 rings (SSSR count). The first-order valence-corrected chi connectivity index (χ1v) is 6.61. The van der Waals surface area contributed by atoms with Gasteiger partial charge >= 0.3 is 0 Å². The highest BCUT2D eigenvalue weighted by Crippen LogP contribution is 2.20. The first-order chi connectivity index (χ1) is 10.3. The van der Waals surface area contributed by atoms with Gasteiger partial charge in [0.25, 0.3) is 5.89 Å². The molecular weight excluding hydrogens is 262 g/mol. The van der Waals surface area contributed by atoms with Gasteiger partial charge in [-0.1, -0.05) is 66.7 Å². The molecule has 0 unspecified atom stereocenters. The highest BCUT2D eigenvalue weighted by molar-refractivity contribution is 6.03. The zero-order chi connectivity index (χ0) is 14.5. The van der Waals surface area contributed by atoms with Crippen molar-refractivity contribution in [3.8, 4) is 11.3 Å². The van der Waals surface area contributed by atoms with E-state index in [1.165, 1.54) is 6.08 Å². The number of aromatic nitrogens is 1. The molecule has 1 aromatic heterocycles. The summed E-state index contributed by atoms with van der Waals surface area (Å²) in [6, 6.07) is 19.2. The molecule has 3 nitrogen and oxygen atoms in total. The summed E-state index contributed by atoms with van der Waals surface area (Å²) in [7, 11) is 0. The van der Waals surface area contributed by atoms with Crippen molar-refractivity contribution in [1.82, 2.24) is 4.98 Å². The summed E-state index contributed by atoms with van der Waals surface area (Å²) in [6.45, 7) is 0. The van der Waals surface area contributed by atoms with Crippen molar-refractivity contribution < 1.29 is 9.21 Å². The molecule has 1 heterocycles. The third-order valence-electron chi connectivity index (χ3n) is 3.00. The zero-order valence-corrected chi connectivity index (χ0v) is 11.3. The molecule has 102 valence electrons. The Kier molecular flexibility index (Phi) is 3.74. The predicted molar refractivity (Wildman–Crippen MR) is 81.7 cm³/mol. The van der Waals surface area contributed by atoms with Gasteiger partial charge in [-0.05, 0) is 11.6 Å². The summed E-state index contributed by atoms with van der Waals surface area (Å²) >= 11 is 0. The number of nitrogens with zero attached hydrogens (tertiary/aromatic N) is 1. The fourth-order valence-electron chi connectivity index (χ4n) is 1.93. The average molecular weight is 275 g/mol. The second-order valence-corrected chi connectivity index (χ2v) is 4.50. The van der Waals surface area contributed by atoms with Crippen molar-refractivity contribution in [3.63, 3.8) is 0 Å². The molecule has 3 aromatic rings. The number of carbonyl (C=O) groups excluding carboxylic acids is 1. The molecule has 0 aliphatic rings. The van der Waals surface area contributed by atoms with Gasteiger partial charge in [0.1, 0.15) is 0 Å². The van der Waals surface area contributed by atoms with Crippen LogP contribution in [0.15, 0.2) is 77.4 Å². The quantitative estimate of drug-likeness (QED) is 0.528. The van der Waals surface area contributed by atoms with Crippen LogP contribution in [0.1, 0.15) is 16.2 Å². The molecule has 0 N–H and O–H groups in total. The maximum Gasteiger partial charge on any atom is 0.268 e. The van der Waals surface area contributed by atoms with E-state index in [4.69, 9.17) is 4.42 Å². The van der Waals surface area contributed by atoms with E-state index in [2.05, 4.69) is 4.98 Å². The second kappa shape index (κ2) is 6.01. The highest BCUT2D eigenvalue weighted by atomic mass is 16.4. The summed E-state index contributed by atoms with van der Waals surface area (Å²) in [5.74, 6) is 0.439. The molecular formula is C18H13NO2. The van der Waals surface area contributed by atoms with Gasteiger partial charge in [-0.2, -0.15) is 0 Å². The topological polar surface area (TPSA) is 43.1 Å². The first kappa shape index (κ1) is 13.1. The summed E-state index contributed by atoms with van der Waals surface area (Å²) in [5, 5.41) is 0. The van der Waals surface area contributed by atoms with Crippen LogP contribution in [-0.2, 0) is 0 Å². The number of carbonyl (C=O) groups is 1. The van der Waals surface area contributed by atoms with Crippen molar-refractivity contribution in [3.05, 3.63) is 84.4 Å². The minimum atomic E-state index is -0.249. The van der Waals surface area contributed by atoms with Crippen molar-refractivity contribution in [2.75, 3.05) is 0 Å². The van der Waals surface area contributed by atoms with Crippen LogP contribution < -0.4 is 0 Å². The second-order valence-electron chi connectivity index (χ2n) is 4.50. The molecule has 0 radical (unpaired) electrons. The molecule has 0 saturated carbocycles. The Balaban J connectivity index is 1.77. The van der Waals surface area contributed by atoms with Gasteiger partial charge in [0.05, 0.1) is 6.20 Å². The highest BCUT2D eigenvalue weighted by Gasteiger charge is 2.11. The van der Waals surface area contributed by atoms with Crippen LogP contribution in [0.3, 0.4) is 0 Å². The molecule has 0 aliphatic carbocycles. The monoisotopic (exact) mass is 275 g/mol. The molecule has 2 aromatic carbocycles. The fraction of sp³-hybridized carbons (Fsp3) is 0. The number of allylic oxidation sites excluding steroid dienone is 1. The molecule has 0 spiro atoms. The van der Waals surface area contributed by atoms with Crippen LogP contribution in [0.25, 0.3) is 17.4 Å². The number of oxazole rings is 1. The van der Waals surface area contributed by atoms with Crippen molar-refractivity contribution >= 4 is 11.9 Å². The van der Waals surface area contributed by atoms with Gasteiger partial charge in [0.2, 0.25) is 5.78 Å². The van der Waals surface area contributed by atoms with Gasteiger partial charge in [-0.25, -0.2) is 4.98 Å². The van der Waals surface area contributed by atoms with Crippen LogP contribution in [-0.4, -0.2) is 10.8 Å². The Bertz CT molecular complexity index is 758. The van der Waals surface area contributed by atoms with E-state index >= 15 is 0 Å². The molecule has 0 fully saturated rings. The van der Waals surface area contributed by atoms with E-state index < -0.39 is 0 Å². The molecule has 0 aliphatic heterocycles. The summed E-state index contributed by atoms with van der Waals surface area (Å²) in [4.78, 5) is 16.1. The standard InChI is InChI=1S/C18H13NO2/c20-16(12-11-14-7-3-1-4-8-14)18-19-13-17(21-18)15-9-5-2-6-10-15/h1-13H/b12-11+. The van der Waals surface area contributed by atoms with Crippen LogP contribution in [0.2, 0.25) is 0 Å². The van der Waals surface area contributed by atoms with Crippen molar-refractivity contribution in [2.24, 2.45) is 0 Å². The van der Waals surface area contributed by atoms with Crippen LogP contribution in [0, 0.1) is 0 Å². The van der Waals surface area contributed by atoms with E-state index in [1.54, 1.807) is 12.3 Å². The minimum absolute atomic E-state index is 0.0982. The normalized spacial score (nSPS) is 10.9. The minimum Gasteiger partial charge on any atom is -0.433 e.